The number of halogens is 1. The average Bonchev–Trinajstić information content (AvgIpc) is 2.47. The molecule has 2 aliphatic rings. The maximum atomic E-state index is 12.4. The van der Waals surface area contributed by atoms with Gasteiger partial charge in [0.05, 0.1) is 17.9 Å². The molecule has 2 heterocycles. The van der Waals surface area contributed by atoms with E-state index in [9.17, 15) is 4.79 Å². The summed E-state index contributed by atoms with van der Waals surface area (Å²) in [5, 5.41) is 2.92. The Hall–Kier alpha value is -1.47. The van der Waals surface area contributed by atoms with Gasteiger partial charge in [-0.15, -0.1) is 0 Å². The molecule has 1 saturated heterocycles. The fraction of sp³-hybridized carbons (Fsp3) is 0.533. The van der Waals surface area contributed by atoms with Crippen LogP contribution in [0.2, 0.25) is 0 Å². The SMILES string of the molecule is C[C@H]1CN(C(=O)Nc2cc3c(cc2Br)OCCO3)C[C@H](C)O1. The molecular formula is C15H19BrN2O4. The number of nitrogens with zero attached hydrogens (tertiary/aromatic N) is 1. The van der Waals surface area contributed by atoms with E-state index in [1.165, 1.54) is 0 Å². The van der Waals surface area contributed by atoms with Crippen molar-refractivity contribution in [2.24, 2.45) is 0 Å². The number of fused-ring (bicyclic) bond motifs is 1. The van der Waals surface area contributed by atoms with Crippen molar-refractivity contribution in [2.45, 2.75) is 26.1 Å². The number of morpholine rings is 1. The van der Waals surface area contributed by atoms with Gasteiger partial charge in [0.15, 0.2) is 11.5 Å². The first-order chi connectivity index (χ1) is 10.5. The molecule has 0 unspecified atom stereocenters. The molecule has 6 nitrogen and oxygen atoms in total. The van der Waals surface area contributed by atoms with Gasteiger partial charge in [-0.2, -0.15) is 0 Å². The van der Waals surface area contributed by atoms with Crippen molar-refractivity contribution in [3.8, 4) is 11.5 Å². The van der Waals surface area contributed by atoms with Crippen LogP contribution in [0.1, 0.15) is 13.8 Å². The highest BCUT2D eigenvalue weighted by atomic mass is 79.9. The summed E-state index contributed by atoms with van der Waals surface area (Å²) in [6.07, 6.45) is 0.0800. The Bertz CT molecular complexity index is 571. The van der Waals surface area contributed by atoms with Crippen LogP contribution < -0.4 is 14.8 Å². The van der Waals surface area contributed by atoms with E-state index in [1.54, 1.807) is 11.0 Å². The second kappa shape index (κ2) is 6.34. The van der Waals surface area contributed by atoms with Gasteiger partial charge in [0.2, 0.25) is 0 Å². The largest absolute Gasteiger partial charge is 0.486 e. The van der Waals surface area contributed by atoms with E-state index >= 15 is 0 Å². The summed E-state index contributed by atoms with van der Waals surface area (Å²) < 4.78 is 17.5. The molecular weight excluding hydrogens is 352 g/mol. The lowest BCUT2D eigenvalue weighted by molar-refractivity contribution is -0.0530. The number of amides is 2. The normalized spacial score (nSPS) is 24.0. The first kappa shape index (κ1) is 15.4. The molecule has 22 heavy (non-hydrogen) atoms. The van der Waals surface area contributed by atoms with E-state index in [4.69, 9.17) is 14.2 Å². The molecule has 120 valence electrons. The van der Waals surface area contributed by atoms with Crippen molar-refractivity contribution in [3.63, 3.8) is 0 Å². The lowest BCUT2D eigenvalue weighted by Crippen LogP contribution is -2.49. The van der Waals surface area contributed by atoms with E-state index < -0.39 is 0 Å². The zero-order chi connectivity index (χ0) is 15.7. The fourth-order valence-electron chi connectivity index (χ4n) is 2.70. The monoisotopic (exact) mass is 370 g/mol. The second-order valence-corrected chi connectivity index (χ2v) is 6.42. The molecule has 2 atom stereocenters. The molecule has 0 saturated carbocycles. The molecule has 1 N–H and O–H groups in total. The predicted octanol–water partition coefficient (Wildman–Crippen LogP) is 2.86. The van der Waals surface area contributed by atoms with Gasteiger partial charge in [-0.1, -0.05) is 0 Å². The topological polar surface area (TPSA) is 60.0 Å². The van der Waals surface area contributed by atoms with E-state index in [1.807, 2.05) is 19.9 Å². The third kappa shape index (κ3) is 3.30. The van der Waals surface area contributed by atoms with Crippen molar-refractivity contribution in [1.82, 2.24) is 4.90 Å². The van der Waals surface area contributed by atoms with Crippen molar-refractivity contribution in [2.75, 3.05) is 31.6 Å². The Morgan fingerprint density at radius 1 is 1.18 bits per heavy atom. The average molecular weight is 371 g/mol. The molecule has 1 aromatic rings. The van der Waals surface area contributed by atoms with Crippen LogP contribution in [0.4, 0.5) is 10.5 Å². The third-order valence-electron chi connectivity index (χ3n) is 3.58. The molecule has 0 aromatic heterocycles. The van der Waals surface area contributed by atoms with Gasteiger partial charge in [0.25, 0.3) is 0 Å². The molecule has 0 aliphatic carbocycles. The summed E-state index contributed by atoms with van der Waals surface area (Å²) in [6, 6.07) is 3.46. The summed E-state index contributed by atoms with van der Waals surface area (Å²) in [5.41, 5.74) is 0.668. The summed E-state index contributed by atoms with van der Waals surface area (Å²) >= 11 is 3.46. The van der Waals surface area contributed by atoms with Crippen molar-refractivity contribution in [1.29, 1.82) is 0 Å². The van der Waals surface area contributed by atoms with Crippen molar-refractivity contribution < 1.29 is 19.0 Å². The zero-order valence-corrected chi connectivity index (χ0v) is 14.2. The lowest BCUT2D eigenvalue weighted by Gasteiger charge is -2.35. The van der Waals surface area contributed by atoms with Crippen LogP contribution in [0.15, 0.2) is 16.6 Å². The minimum absolute atomic E-state index is 0.0400. The number of ether oxygens (including phenoxy) is 3. The number of carbonyl (C=O) groups is 1. The smallest absolute Gasteiger partial charge is 0.322 e. The van der Waals surface area contributed by atoms with Gasteiger partial charge in [-0.05, 0) is 29.8 Å². The first-order valence-electron chi connectivity index (χ1n) is 7.33. The Morgan fingerprint density at radius 3 is 2.41 bits per heavy atom. The molecule has 1 aromatic carbocycles. The van der Waals surface area contributed by atoms with Crippen LogP contribution in [-0.2, 0) is 4.74 Å². The summed E-state index contributed by atoms with van der Waals surface area (Å²) in [5.74, 6) is 1.33. The molecule has 7 heteroatoms. The minimum Gasteiger partial charge on any atom is -0.486 e. The van der Waals surface area contributed by atoms with Crippen LogP contribution in [0.3, 0.4) is 0 Å². The fourth-order valence-corrected chi connectivity index (χ4v) is 3.12. The number of urea groups is 1. The number of carbonyl (C=O) groups excluding carboxylic acids is 1. The zero-order valence-electron chi connectivity index (χ0n) is 12.6. The van der Waals surface area contributed by atoms with Crippen molar-refractivity contribution in [3.05, 3.63) is 16.6 Å². The van der Waals surface area contributed by atoms with E-state index in [-0.39, 0.29) is 18.2 Å². The van der Waals surface area contributed by atoms with Crippen LogP contribution in [0, 0.1) is 0 Å². The van der Waals surface area contributed by atoms with Gasteiger partial charge in [0.1, 0.15) is 13.2 Å². The molecule has 2 amide bonds. The van der Waals surface area contributed by atoms with Gasteiger partial charge >= 0.3 is 6.03 Å². The Labute approximate surface area is 137 Å². The van der Waals surface area contributed by atoms with Gasteiger partial charge in [-0.3, -0.25) is 0 Å². The van der Waals surface area contributed by atoms with Crippen LogP contribution in [0.5, 0.6) is 11.5 Å². The number of hydrogen-bond donors (Lipinski definition) is 1. The summed E-state index contributed by atoms with van der Waals surface area (Å²) in [4.78, 5) is 14.2. The second-order valence-electron chi connectivity index (χ2n) is 5.57. The summed E-state index contributed by atoms with van der Waals surface area (Å²) in [7, 11) is 0. The number of hydrogen-bond acceptors (Lipinski definition) is 4. The highest BCUT2D eigenvalue weighted by Crippen LogP contribution is 2.38. The van der Waals surface area contributed by atoms with E-state index in [0.717, 1.165) is 4.47 Å². The molecule has 3 rings (SSSR count). The number of anilines is 1. The highest BCUT2D eigenvalue weighted by Gasteiger charge is 2.26. The summed E-state index contributed by atoms with van der Waals surface area (Å²) in [6.45, 7) is 6.15. The van der Waals surface area contributed by atoms with Gasteiger partial charge in [0, 0.05) is 29.7 Å². The minimum atomic E-state index is -0.139. The third-order valence-corrected chi connectivity index (χ3v) is 4.24. The molecule has 0 bridgehead atoms. The Balaban J connectivity index is 1.73. The first-order valence-corrected chi connectivity index (χ1v) is 8.13. The lowest BCUT2D eigenvalue weighted by atomic mass is 10.2. The molecule has 1 fully saturated rings. The Morgan fingerprint density at radius 2 is 1.77 bits per heavy atom. The maximum absolute atomic E-state index is 12.4. The highest BCUT2D eigenvalue weighted by molar-refractivity contribution is 9.10. The van der Waals surface area contributed by atoms with Crippen molar-refractivity contribution >= 4 is 27.6 Å². The standard InChI is InChI=1S/C15H19BrN2O4/c1-9-7-18(8-10(2)22-9)15(19)17-12-6-14-13(5-11(12)16)20-3-4-21-14/h5-6,9-10H,3-4,7-8H2,1-2H3,(H,17,19)/t9-,10-/m0/s1. The molecule has 2 aliphatic heterocycles. The van der Waals surface area contributed by atoms with Crippen LogP contribution >= 0.6 is 15.9 Å². The Kier molecular flexibility index (Phi) is 4.44. The number of nitrogens with one attached hydrogen (secondary N) is 1. The predicted molar refractivity (Wildman–Crippen MR) is 85.7 cm³/mol. The quantitative estimate of drug-likeness (QED) is 0.825. The van der Waals surface area contributed by atoms with Crippen LogP contribution in [-0.4, -0.2) is 49.4 Å². The van der Waals surface area contributed by atoms with Gasteiger partial charge < -0.3 is 24.4 Å². The number of benzene rings is 1. The van der Waals surface area contributed by atoms with Gasteiger partial charge in [-0.25, -0.2) is 4.79 Å². The molecule has 0 spiro atoms. The van der Waals surface area contributed by atoms with E-state index in [2.05, 4.69) is 21.2 Å². The van der Waals surface area contributed by atoms with Crippen LogP contribution in [0.25, 0.3) is 0 Å². The van der Waals surface area contributed by atoms with E-state index in [0.29, 0.717) is 43.5 Å². The number of rotatable bonds is 1. The maximum Gasteiger partial charge on any atom is 0.322 e. The molecule has 0 radical (unpaired) electrons.